The summed E-state index contributed by atoms with van der Waals surface area (Å²) >= 11 is 0. The van der Waals surface area contributed by atoms with Crippen LogP contribution >= 0.6 is 0 Å². The number of likely N-dealkylation sites (tertiary alicyclic amines) is 1. The first-order valence-electron chi connectivity index (χ1n) is 9.54. The van der Waals surface area contributed by atoms with Crippen molar-refractivity contribution in [3.05, 3.63) is 53.6 Å². The largest absolute Gasteiger partial charge is 0.342 e. The number of aryl methyl sites for hydroxylation is 1. The molecule has 4 rings (SSSR count). The third-order valence-electron chi connectivity index (χ3n) is 5.65. The number of amides is 1. The van der Waals surface area contributed by atoms with Crippen molar-refractivity contribution in [3.63, 3.8) is 0 Å². The van der Waals surface area contributed by atoms with Gasteiger partial charge in [-0.2, -0.15) is 0 Å². The number of rotatable bonds is 5. The van der Waals surface area contributed by atoms with Gasteiger partial charge in [0.25, 0.3) is 0 Å². The lowest BCUT2D eigenvalue weighted by molar-refractivity contribution is -0.133. The molecule has 132 valence electrons. The maximum absolute atomic E-state index is 12.2. The molecule has 1 saturated carbocycles. The van der Waals surface area contributed by atoms with Gasteiger partial charge in [0, 0.05) is 43.9 Å². The lowest BCUT2D eigenvalue weighted by Crippen LogP contribution is -2.39. The van der Waals surface area contributed by atoms with E-state index in [2.05, 4.69) is 51.7 Å². The van der Waals surface area contributed by atoms with Gasteiger partial charge in [-0.25, -0.2) is 4.98 Å². The second-order valence-corrected chi connectivity index (χ2v) is 7.63. The third-order valence-corrected chi connectivity index (χ3v) is 5.65. The Morgan fingerprint density at radius 1 is 1.12 bits per heavy atom. The fourth-order valence-electron chi connectivity index (χ4n) is 3.86. The van der Waals surface area contributed by atoms with Crippen LogP contribution in [0.25, 0.3) is 0 Å². The fraction of sp³-hybridized carbons (Fsp3) is 0.524. The molecule has 1 aromatic heterocycles. The van der Waals surface area contributed by atoms with E-state index in [1.54, 1.807) is 0 Å². The van der Waals surface area contributed by atoms with Crippen molar-refractivity contribution >= 4 is 5.91 Å². The van der Waals surface area contributed by atoms with Crippen molar-refractivity contribution in [1.82, 2.24) is 14.5 Å². The Balaban J connectivity index is 1.38. The number of imidazole rings is 1. The lowest BCUT2D eigenvalue weighted by atomic mass is 9.93. The van der Waals surface area contributed by atoms with Crippen molar-refractivity contribution in [1.29, 1.82) is 0 Å². The number of hydrogen-bond acceptors (Lipinski definition) is 2. The number of piperidine rings is 1. The van der Waals surface area contributed by atoms with Crippen LogP contribution in [0.15, 0.2) is 36.5 Å². The van der Waals surface area contributed by atoms with Gasteiger partial charge < -0.3 is 9.47 Å². The summed E-state index contributed by atoms with van der Waals surface area (Å²) < 4.78 is 2.34. The topological polar surface area (TPSA) is 38.1 Å². The highest BCUT2D eigenvalue weighted by Gasteiger charge is 2.35. The molecule has 2 aromatic rings. The number of nitrogens with zero attached hydrogens (tertiary/aromatic N) is 3. The summed E-state index contributed by atoms with van der Waals surface area (Å²) in [4.78, 5) is 19.0. The summed E-state index contributed by atoms with van der Waals surface area (Å²) in [6.07, 6.45) is 7.44. The Labute approximate surface area is 149 Å². The molecule has 1 aliphatic heterocycles. The Hall–Kier alpha value is -2.10. The highest BCUT2D eigenvalue weighted by molar-refractivity contribution is 5.81. The average molecular weight is 337 g/mol. The number of benzene rings is 1. The minimum Gasteiger partial charge on any atom is -0.342 e. The second kappa shape index (κ2) is 7.03. The van der Waals surface area contributed by atoms with Crippen LogP contribution in [-0.2, 0) is 17.8 Å². The van der Waals surface area contributed by atoms with Gasteiger partial charge in [-0.05, 0) is 44.1 Å². The van der Waals surface area contributed by atoms with Crippen LogP contribution in [-0.4, -0.2) is 33.4 Å². The summed E-state index contributed by atoms with van der Waals surface area (Å²) in [7, 11) is 0. The Morgan fingerprint density at radius 2 is 1.84 bits per heavy atom. The molecule has 4 heteroatoms. The average Bonchev–Trinajstić information content (AvgIpc) is 3.44. The van der Waals surface area contributed by atoms with Gasteiger partial charge in [-0.3, -0.25) is 4.79 Å². The Kier molecular flexibility index (Phi) is 4.60. The van der Waals surface area contributed by atoms with E-state index < -0.39 is 0 Å². The molecule has 2 aliphatic rings. The zero-order chi connectivity index (χ0) is 17.2. The Morgan fingerprint density at radius 3 is 2.52 bits per heavy atom. The molecule has 4 nitrogen and oxygen atoms in total. The smallest absolute Gasteiger partial charge is 0.225 e. The van der Waals surface area contributed by atoms with E-state index in [0.717, 1.165) is 51.7 Å². The van der Waals surface area contributed by atoms with Gasteiger partial charge in [0.1, 0.15) is 5.82 Å². The number of aromatic nitrogens is 2. The van der Waals surface area contributed by atoms with Crippen molar-refractivity contribution in [2.45, 2.75) is 45.6 Å². The first-order valence-corrected chi connectivity index (χ1v) is 9.54. The van der Waals surface area contributed by atoms with Crippen LogP contribution in [0.2, 0.25) is 0 Å². The van der Waals surface area contributed by atoms with Gasteiger partial charge in [-0.1, -0.05) is 30.3 Å². The minimum atomic E-state index is 0.351. The van der Waals surface area contributed by atoms with Crippen LogP contribution in [0.5, 0.6) is 0 Å². The van der Waals surface area contributed by atoms with Gasteiger partial charge in [0.05, 0.1) is 0 Å². The number of hydrogen-bond donors (Lipinski definition) is 0. The van der Waals surface area contributed by atoms with Crippen LogP contribution in [0.1, 0.15) is 42.8 Å². The molecule has 0 unspecified atom stereocenters. The molecular formula is C21H27N3O. The van der Waals surface area contributed by atoms with Gasteiger partial charge >= 0.3 is 0 Å². The molecule has 2 fully saturated rings. The molecule has 0 spiro atoms. The van der Waals surface area contributed by atoms with Crippen molar-refractivity contribution in [2.24, 2.45) is 11.8 Å². The first-order chi connectivity index (χ1) is 12.2. The second-order valence-electron chi connectivity index (χ2n) is 7.63. The van der Waals surface area contributed by atoms with Gasteiger partial charge in [0.2, 0.25) is 5.91 Å². The molecule has 1 saturated heterocycles. The van der Waals surface area contributed by atoms with E-state index in [0.29, 0.717) is 17.7 Å². The van der Waals surface area contributed by atoms with E-state index in [-0.39, 0.29) is 0 Å². The van der Waals surface area contributed by atoms with Crippen LogP contribution < -0.4 is 0 Å². The maximum Gasteiger partial charge on any atom is 0.225 e. The summed E-state index contributed by atoms with van der Waals surface area (Å²) in [5.41, 5.74) is 2.54. The zero-order valence-corrected chi connectivity index (χ0v) is 15.0. The zero-order valence-electron chi connectivity index (χ0n) is 15.0. The highest BCUT2D eigenvalue weighted by Crippen LogP contribution is 2.33. The molecular weight excluding hydrogens is 310 g/mol. The summed E-state index contributed by atoms with van der Waals surface area (Å²) in [5.74, 6) is 2.58. The molecule has 1 amide bonds. The first kappa shape index (κ1) is 16.4. The monoisotopic (exact) mass is 337 g/mol. The van der Waals surface area contributed by atoms with E-state index in [1.807, 2.05) is 6.20 Å². The van der Waals surface area contributed by atoms with Crippen LogP contribution in [0.4, 0.5) is 0 Å². The number of carbonyl (C=O) groups excluding carboxylic acids is 1. The van der Waals surface area contributed by atoms with E-state index >= 15 is 0 Å². The molecule has 25 heavy (non-hydrogen) atoms. The molecule has 1 aliphatic carbocycles. The molecule has 2 heterocycles. The predicted molar refractivity (Wildman–Crippen MR) is 98.2 cm³/mol. The number of carbonyl (C=O) groups is 1. The molecule has 0 radical (unpaired) electrons. The van der Waals surface area contributed by atoms with Crippen LogP contribution in [0, 0.1) is 18.8 Å². The predicted octanol–water partition coefficient (Wildman–Crippen LogP) is 3.43. The fourth-order valence-corrected chi connectivity index (χ4v) is 3.86. The molecule has 1 aromatic carbocycles. The van der Waals surface area contributed by atoms with Gasteiger partial charge in [0.15, 0.2) is 0 Å². The maximum atomic E-state index is 12.2. The summed E-state index contributed by atoms with van der Waals surface area (Å²) in [6, 6.07) is 10.6. The van der Waals surface area contributed by atoms with E-state index in [4.69, 9.17) is 0 Å². The lowest BCUT2D eigenvalue weighted by Gasteiger charge is -2.32. The SMILES string of the molecule is Cc1cnc(CC2CCN(C(=O)C3CC3)CC2)n1Cc1ccccc1. The van der Waals surface area contributed by atoms with Crippen LogP contribution in [0.3, 0.4) is 0 Å². The van der Waals surface area contributed by atoms with E-state index in [1.165, 1.54) is 17.1 Å². The van der Waals surface area contributed by atoms with Crippen molar-refractivity contribution in [3.8, 4) is 0 Å². The normalized spacial score (nSPS) is 18.5. The minimum absolute atomic E-state index is 0.351. The standard InChI is InChI=1S/C21H27N3O/c1-16-14-22-20(24(16)15-18-5-3-2-4-6-18)13-17-9-11-23(12-10-17)21(25)19-7-8-19/h2-6,14,17,19H,7-13,15H2,1H3. The molecule has 0 atom stereocenters. The third kappa shape index (κ3) is 3.78. The van der Waals surface area contributed by atoms with Gasteiger partial charge in [-0.15, -0.1) is 0 Å². The van der Waals surface area contributed by atoms with Crippen molar-refractivity contribution < 1.29 is 4.79 Å². The summed E-state index contributed by atoms with van der Waals surface area (Å²) in [5, 5.41) is 0. The quantitative estimate of drug-likeness (QED) is 0.838. The molecule has 0 bridgehead atoms. The summed E-state index contributed by atoms with van der Waals surface area (Å²) in [6.45, 7) is 4.88. The van der Waals surface area contributed by atoms with E-state index in [9.17, 15) is 4.79 Å². The molecule has 0 N–H and O–H groups in total. The van der Waals surface area contributed by atoms with Crippen molar-refractivity contribution in [2.75, 3.05) is 13.1 Å². The highest BCUT2D eigenvalue weighted by atomic mass is 16.2. The Bertz CT molecular complexity index is 725.